The van der Waals surface area contributed by atoms with E-state index in [1.54, 1.807) is 11.3 Å². The van der Waals surface area contributed by atoms with Crippen molar-refractivity contribution in [2.75, 3.05) is 0 Å². The largest absolute Gasteiger partial charge is 0.459 e. The maximum absolute atomic E-state index is 11.7. The molecule has 1 aliphatic rings. The zero-order valence-corrected chi connectivity index (χ0v) is 10.0. The first kappa shape index (κ1) is 10.7. The van der Waals surface area contributed by atoms with E-state index in [0.29, 0.717) is 0 Å². The van der Waals surface area contributed by atoms with Crippen molar-refractivity contribution >= 4 is 17.3 Å². The first-order chi connectivity index (χ1) is 7.16. The van der Waals surface area contributed by atoms with Gasteiger partial charge in [-0.2, -0.15) is 0 Å². The van der Waals surface area contributed by atoms with Gasteiger partial charge in [0, 0.05) is 4.88 Å². The molecule has 1 heterocycles. The Morgan fingerprint density at radius 2 is 2.13 bits per heavy atom. The number of esters is 1. The van der Waals surface area contributed by atoms with Crippen LogP contribution in [0.2, 0.25) is 0 Å². The van der Waals surface area contributed by atoms with Crippen molar-refractivity contribution in [3.8, 4) is 0 Å². The minimum absolute atomic E-state index is 0.0309. The molecule has 2 rings (SSSR count). The van der Waals surface area contributed by atoms with E-state index in [1.165, 1.54) is 23.3 Å². The lowest BCUT2D eigenvalue weighted by atomic mass is 9.99. The molecule has 3 heteroatoms. The molecule has 1 aromatic rings. The first-order valence-corrected chi connectivity index (χ1v) is 6.31. The monoisotopic (exact) mass is 224 g/mol. The van der Waals surface area contributed by atoms with Crippen molar-refractivity contribution in [1.29, 1.82) is 0 Å². The lowest BCUT2D eigenvalue weighted by Crippen LogP contribution is -2.10. The van der Waals surface area contributed by atoms with E-state index in [2.05, 4.69) is 0 Å². The van der Waals surface area contributed by atoms with Crippen LogP contribution in [0.1, 0.15) is 46.8 Å². The maximum atomic E-state index is 11.7. The normalized spacial score (nSPS) is 15.1. The molecule has 15 heavy (non-hydrogen) atoms. The maximum Gasteiger partial charge on any atom is 0.348 e. The summed E-state index contributed by atoms with van der Waals surface area (Å²) in [5.74, 6) is -0.163. The number of ether oxygens (including phenoxy) is 1. The Hall–Kier alpha value is -0.830. The molecule has 0 radical (unpaired) electrons. The molecule has 1 aliphatic carbocycles. The predicted octanol–water partition coefficient (Wildman–Crippen LogP) is 3.19. The highest BCUT2D eigenvalue weighted by atomic mass is 32.1. The van der Waals surface area contributed by atoms with Crippen molar-refractivity contribution < 1.29 is 9.53 Å². The zero-order chi connectivity index (χ0) is 10.8. The molecule has 0 amide bonds. The molecule has 0 bridgehead atoms. The van der Waals surface area contributed by atoms with Crippen molar-refractivity contribution in [2.24, 2.45) is 0 Å². The van der Waals surface area contributed by atoms with Crippen LogP contribution < -0.4 is 0 Å². The molecule has 0 saturated heterocycles. The van der Waals surface area contributed by atoms with E-state index in [9.17, 15) is 4.79 Å². The number of carbonyl (C=O) groups is 1. The Morgan fingerprint density at radius 3 is 2.80 bits per heavy atom. The summed E-state index contributed by atoms with van der Waals surface area (Å²) in [7, 11) is 0. The molecule has 0 aliphatic heterocycles. The number of carbonyl (C=O) groups excluding carboxylic acids is 1. The lowest BCUT2D eigenvalue weighted by Gasteiger charge is -2.08. The fourth-order valence-corrected chi connectivity index (χ4v) is 3.00. The number of thiophene rings is 1. The van der Waals surface area contributed by atoms with E-state index in [-0.39, 0.29) is 12.1 Å². The van der Waals surface area contributed by atoms with Crippen LogP contribution in [0.4, 0.5) is 0 Å². The van der Waals surface area contributed by atoms with E-state index in [4.69, 9.17) is 4.74 Å². The standard InChI is InChI=1S/C12H16O2S/c1-8(2)14-12(13)11-7-9-5-3-4-6-10(9)15-11/h7-8H,3-6H2,1-2H3. The summed E-state index contributed by atoms with van der Waals surface area (Å²) in [4.78, 5) is 13.8. The van der Waals surface area contributed by atoms with Gasteiger partial charge < -0.3 is 4.74 Å². The number of fused-ring (bicyclic) bond motifs is 1. The van der Waals surface area contributed by atoms with Gasteiger partial charge in [0.05, 0.1) is 6.10 Å². The summed E-state index contributed by atoms with van der Waals surface area (Å²) < 4.78 is 5.19. The van der Waals surface area contributed by atoms with E-state index in [1.807, 2.05) is 19.9 Å². The molecule has 0 atom stereocenters. The lowest BCUT2D eigenvalue weighted by molar-refractivity contribution is 0.0384. The summed E-state index contributed by atoms with van der Waals surface area (Å²) >= 11 is 1.61. The van der Waals surface area contributed by atoms with Crippen LogP contribution in [0.5, 0.6) is 0 Å². The van der Waals surface area contributed by atoms with E-state index >= 15 is 0 Å². The molecule has 1 aromatic heterocycles. The van der Waals surface area contributed by atoms with Crippen LogP contribution in [-0.4, -0.2) is 12.1 Å². The van der Waals surface area contributed by atoms with E-state index < -0.39 is 0 Å². The van der Waals surface area contributed by atoms with Crippen molar-refractivity contribution in [3.63, 3.8) is 0 Å². The van der Waals surface area contributed by atoms with Gasteiger partial charge >= 0.3 is 5.97 Å². The SMILES string of the molecule is CC(C)OC(=O)c1cc2c(s1)CCCC2. The molecule has 2 nitrogen and oxygen atoms in total. The second kappa shape index (κ2) is 4.35. The fraction of sp³-hybridized carbons (Fsp3) is 0.583. The topological polar surface area (TPSA) is 26.3 Å². The number of hydrogen-bond acceptors (Lipinski definition) is 3. The minimum Gasteiger partial charge on any atom is -0.459 e. The third kappa shape index (κ3) is 2.40. The molecule has 0 fully saturated rings. The highest BCUT2D eigenvalue weighted by Gasteiger charge is 2.18. The quantitative estimate of drug-likeness (QED) is 0.721. The third-order valence-corrected chi connectivity index (χ3v) is 3.76. The Bertz CT molecular complexity index is 342. The van der Waals surface area contributed by atoms with Crippen LogP contribution in [0.25, 0.3) is 0 Å². The average Bonchev–Trinajstić information content (AvgIpc) is 2.59. The summed E-state index contributed by atoms with van der Waals surface area (Å²) in [5.41, 5.74) is 1.36. The van der Waals surface area contributed by atoms with Gasteiger partial charge in [0.1, 0.15) is 4.88 Å². The molecule has 0 aromatic carbocycles. The van der Waals surface area contributed by atoms with Crippen LogP contribution in [0, 0.1) is 0 Å². The molecule has 0 N–H and O–H groups in total. The number of rotatable bonds is 2. The smallest absolute Gasteiger partial charge is 0.348 e. The second-order valence-corrected chi connectivity index (χ2v) is 5.36. The molecule has 0 unspecified atom stereocenters. The summed E-state index contributed by atoms with van der Waals surface area (Å²) in [6.07, 6.45) is 4.74. The van der Waals surface area contributed by atoms with Gasteiger partial charge in [0.15, 0.2) is 0 Å². The Kier molecular flexibility index (Phi) is 3.10. The highest BCUT2D eigenvalue weighted by molar-refractivity contribution is 7.14. The van der Waals surface area contributed by atoms with Gasteiger partial charge in [-0.1, -0.05) is 0 Å². The predicted molar refractivity (Wildman–Crippen MR) is 61.5 cm³/mol. The van der Waals surface area contributed by atoms with Gasteiger partial charge in [-0.15, -0.1) is 11.3 Å². The molecule has 0 saturated carbocycles. The van der Waals surface area contributed by atoms with Crippen LogP contribution in [0.15, 0.2) is 6.07 Å². The molecule has 82 valence electrons. The zero-order valence-electron chi connectivity index (χ0n) is 9.21. The summed E-state index contributed by atoms with van der Waals surface area (Å²) in [5, 5.41) is 0. The second-order valence-electron chi connectivity index (χ2n) is 4.22. The van der Waals surface area contributed by atoms with Gasteiger partial charge in [0.2, 0.25) is 0 Å². The van der Waals surface area contributed by atoms with E-state index in [0.717, 1.165) is 17.7 Å². The third-order valence-electron chi connectivity index (χ3n) is 2.54. The van der Waals surface area contributed by atoms with Crippen molar-refractivity contribution in [3.05, 3.63) is 21.4 Å². The van der Waals surface area contributed by atoms with Crippen LogP contribution >= 0.6 is 11.3 Å². The Balaban J connectivity index is 2.15. The molecular formula is C12H16O2S. The molecule has 0 spiro atoms. The summed E-state index contributed by atoms with van der Waals surface area (Å²) in [6, 6.07) is 2.02. The van der Waals surface area contributed by atoms with Crippen LogP contribution in [0.3, 0.4) is 0 Å². The highest BCUT2D eigenvalue weighted by Crippen LogP contribution is 2.30. The van der Waals surface area contributed by atoms with Crippen molar-refractivity contribution in [2.45, 2.75) is 45.6 Å². The fourth-order valence-electron chi connectivity index (χ4n) is 1.86. The Morgan fingerprint density at radius 1 is 1.40 bits per heavy atom. The van der Waals surface area contributed by atoms with Gasteiger partial charge in [-0.05, 0) is 51.2 Å². The summed E-state index contributed by atoms with van der Waals surface area (Å²) in [6.45, 7) is 3.76. The minimum atomic E-state index is -0.163. The molecular weight excluding hydrogens is 208 g/mol. The van der Waals surface area contributed by atoms with Crippen LogP contribution in [-0.2, 0) is 17.6 Å². The van der Waals surface area contributed by atoms with Crippen molar-refractivity contribution in [1.82, 2.24) is 0 Å². The number of hydrogen-bond donors (Lipinski definition) is 0. The first-order valence-electron chi connectivity index (χ1n) is 5.49. The average molecular weight is 224 g/mol. The Labute approximate surface area is 94.3 Å². The van der Waals surface area contributed by atoms with Gasteiger partial charge in [-0.25, -0.2) is 4.79 Å². The van der Waals surface area contributed by atoms with Gasteiger partial charge in [0.25, 0.3) is 0 Å². The van der Waals surface area contributed by atoms with Gasteiger partial charge in [-0.3, -0.25) is 0 Å². The number of aryl methyl sites for hydroxylation is 2.